The minimum Gasteiger partial charge on any atom is -0.298 e. The zero-order chi connectivity index (χ0) is 7.56. The number of aromatic nitrogens is 2. The molecular weight excluding hydrogens is 128 g/mol. The average Bonchev–Trinajstić information content (AvgIpc) is 1.88. The maximum Gasteiger partial charge on any atom is 0.145 e. The first-order chi connectivity index (χ1) is 4.70. The van der Waals surface area contributed by atoms with Gasteiger partial charge in [0, 0.05) is 18.8 Å². The van der Waals surface area contributed by atoms with Crippen molar-refractivity contribution in [1.82, 2.24) is 9.97 Å². The van der Waals surface area contributed by atoms with Crippen LogP contribution in [0.25, 0.3) is 0 Å². The van der Waals surface area contributed by atoms with Gasteiger partial charge in [-0.1, -0.05) is 0 Å². The Labute approximate surface area is 59.7 Å². The van der Waals surface area contributed by atoms with Gasteiger partial charge in [0.25, 0.3) is 0 Å². The number of hydrogen-bond donors (Lipinski definition) is 1. The van der Waals surface area contributed by atoms with E-state index < -0.39 is 0 Å². The molecule has 0 bridgehead atoms. The Bertz CT molecular complexity index is 221. The number of nitrogens with two attached hydrogens (primary N) is 1. The third-order valence-electron chi connectivity index (χ3n) is 1.15. The maximum atomic E-state index is 5.43. The second kappa shape index (κ2) is 2.62. The van der Waals surface area contributed by atoms with Crippen molar-refractivity contribution >= 4 is 5.82 Å². The monoisotopic (exact) mass is 138 g/mol. The summed E-state index contributed by atoms with van der Waals surface area (Å²) in [5.74, 6) is 6.15. The van der Waals surface area contributed by atoms with Gasteiger partial charge in [-0.25, -0.2) is 15.8 Å². The van der Waals surface area contributed by atoms with Gasteiger partial charge >= 0.3 is 0 Å². The van der Waals surface area contributed by atoms with Gasteiger partial charge in [0.15, 0.2) is 0 Å². The highest BCUT2D eigenvalue weighted by molar-refractivity contribution is 5.34. The fourth-order valence-corrected chi connectivity index (χ4v) is 0.633. The molecule has 0 fully saturated rings. The van der Waals surface area contributed by atoms with Crippen molar-refractivity contribution in [3.8, 4) is 0 Å². The molecule has 1 rings (SSSR count). The normalized spacial score (nSPS) is 9.50. The van der Waals surface area contributed by atoms with E-state index in [0.717, 1.165) is 11.5 Å². The number of anilines is 1. The Balaban J connectivity index is 2.96. The molecule has 0 saturated heterocycles. The summed E-state index contributed by atoms with van der Waals surface area (Å²) in [5, 5.41) is 1.45. The lowest BCUT2D eigenvalue weighted by molar-refractivity contribution is 0.952. The van der Waals surface area contributed by atoms with Gasteiger partial charge in [-0.3, -0.25) is 5.01 Å². The van der Waals surface area contributed by atoms with Crippen LogP contribution in [0.3, 0.4) is 0 Å². The van der Waals surface area contributed by atoms with Gasteiger partial charge in [0.05, 0.1) is 0 Å². The first-order valence-electron chi connectivity index (χ1n) is 2.97. The van der Waals surface area contributed by atoms with Crippen LogP contribution >= 0.6 is 0 Å². The molecule has 0 unspecified atom stereocenters. The highest BCUT2D eigenvalue weighted by Crippen LogP contribution is 2.03. The van der Waals surface area contributed by atoms with Gasteiger partial charge in [-0.2, -0.15) is 0 Å². The summed E-state index contributed by atoms with van der Waals surface area (Å²) >= 11 is 0. The third-order valence-corrected chi connectivity index (χ3v) is 1.15. The fourth-order valence-electron chi connectivity index (χ4n) is 0.633. The number of rotatable bonds is 1. The summed E-state index contributed by atoms with van der Waals surface area (Å²) in [5.41, 5.74) is 0.919. The molecule has 10 heavy (non-hydrogen) atoms. The van der Waals surface area contributed by atoms with Crippen molar-refractivity contribution < 1.29 is 0 Å². The summed E-state index contributed by atoms with van der Waals surface area (Å²) in [4.78, 5) is 7.86. The average molecular weight is 138 g/mol. The lowest BCUT2D eigenvalue weighted by atomic mass is 10.4. The quantitative estimate of drug-likeness (QED) is 0.441. The number of hydrazine groups is 1. The van der Waals surface area contributed by atoms with Crippen LogP contribution < -0.4 is 10.9 Å². The van der Waals surface area contributed by atoms with E-state index in [9.17, 15) is 0 Å². The Kier molecular flexibility index (Phi) is 1.82. The van der Waals surface area contributed by atoms with Crippen LogP contribution in [0.4, 0.5) is 5.82 Å². The molecule has 0 radical (unpaired) electrons. The Morgan fingerprint density at radius 1 is 1.50 bits per heavy atom. The van der Waals surface area contributed by atoms with E-state index in [0.29, 0.717) is 0 Å². The molecule has 4 heteroatoms. The summed E-state index contributed by atoms with van der Waals surface area (Å²) in [7, 11) is 1.74. The van der Waals surface area contributed by atoms with Crippen LogP contribution in [0.2, 0.25) is 0 Å². The molecule has 4 nitrogen and oxygen atoms in total. The van der Waals surface area contributed by atoms with Crippen molar-refractivity contribution in [2.75, 3.05) is 12.1 Å². The molecule has 54 valence electrons. The van der Waals surface area contributed by atoms with Crippen LogP contribution in [0, 0.1) is 6.92 Å². The van der Waals surface area contributed by atoms with Crippen molar-refractivity contribution in [3.63, 3.8) is 0 Å². The molecule has 0 amide bonds. The first-order valence-corrected chi connectivity index (χ1v) is 2.97. The zero-order valence-corrected chi connectivity index (χ0v) is 6.07. The van der Waals surface area contributed by atoms with E-state index in [-0.39, 0.29) is 0 Å². The first kappa shape index (κ1) is 6.95. The van der Waals surface area contributed by atoms with E-state index >= 15 is 0 Å². The largest absolute Gasteiger partial charge is 0.298 e. The van der Waals surface area contributed by atoms with Gasteiger partial charge in [-0.05, 0) is 6.92 Å². The van der Waals surface area contributed by atoms with Crippen LogP contribution in [0.1, 0.15) is 5.69 Å². The van der Waals surface area contributed by atoms with E-state index in [1.54, 1.807) is 7.05 Å². The van der Waals surface area contributed by atoms with Crippen LogP contribution in [0.15, 0.2) is 12.4 Å². The van der Waals surface area contributed by atoms with Gasteiger partial charge < -0.3 is 0 Å². The zero-order valence-electron chi connectivity index (χ0n) is 6.07. The van der Waals surface area contributed by atoms with Crippen LogP contribution in [-0.4, -0.2) is 17.0 Å². The van der Waals surface area contributed by atoms with E-state index in [4.69, 9.17) is 5.84 Å². The highest BCUT2D eigenvalue weighted by Gasteiger charge is 1.95. The summed E-state index contributed by atoms with van der Waals surface area (Å²) in [6.07, 6.45) is 1.49. The van der Waals surface area contributed by atoms with Crippen molar-refractivity contribution in [3.05, 3.63) is 18.1 Å². The van der Waals surface area contributed by atoms with Crippen molar-refractivity contribution in [2.24, 2.45) is 5.84 Å². The van der Waals surface area contributed by atoms with Crippen LogP contribution in [0.5, 0.6) is 0 Å². The molecule has 0 saturated carbocycles. The van der Waals surface area contributed by atoms with Gasteiger partial charge in [-0.15, -0.1) is 0 Å². The predicted octanol–water partition coefficient (Wildman–Crippen LogP) is 0.0949. The van der Waals surface area contributed by atoms with Gasteiger partial charge in [0.2, 0.25) is 0 Å². The van der Waals surface area contributed by atoms with Crippen molar-refractivity contribution in [2.45, 2.75) is 6.92 Å². The van der Waals surface area contributed by atoms with E-state index in [1.807, 2.05) is 13.0 Å². The third kappa shape index (κ3) is 1.41. The SMILES string of the molecule is Cc1cc(N(C)N)ncn1. The smallest absolute Gasteiger partial charge is 0.145 e. The molecule has 2 N–H and O–H groups in total. The molecule has 0 aliphatic carbocycles. The molecule has 0 atom stereocenters. The predicted molar refractivity (Wildman–Crippen MR) is 39.4 cm³/mol. The minimum absolute atomic E-state index is 0.729. The molecule has 0 aliphatic heterocycles. The Morgan fingerprint density at radius 2 is 2.20 bits per heavy atom. The topological polar surface area (TPSA) is 55.0 Å². The molecular formula is C6H10N4. The summed E-state index contributed by atoms with van der Waals surface area (Å²) in [6, 6.07) is 1.82. The Morgan fingerprint density at radius 3 is 2.60 bits per heavy atom. The Hall–Kier alpha value is -1.16. The lowest BCUT2D eigenvalue weighted by Gasteiger charge is -2.09. The number of aryl methyl sites for hydroxylation is 1. The fraction of sp³-hybridized carbons (Fsp3) is 0.333. The molecule has 0 aromatic carbocycles. The molecule has 0 spiro atoms. The molecule has 0 aliphatic rings. The van der Waals surface area contributed by atoms with E-state index in [2.05, 4.69) is 9.97 Å². The number of nitrogens with zero attached hydrogens (tertiary/aromatic N) is 3. The maximum absolute atomic E-state index is 5.43. The second-order valence-electron chi connectivity index (χ2n) is 2.13. The highest BCUT2D eigenvalue weighted by atomic mass is 15.4. The van der Waals surface area contributed by atoms with E-state index in [1.165, 1.54) is 11.3 Å². The van der Waals surface area contributed by atoms with Crippen molar-refractivity contribution in [1.29, 1.82) is 0 Å². The summed E-state index contributed by atoms with van der Waals surface area (Å²) in [6.45, 7) is 1.90. The lowest BCUT2D eigenvalue weighted by Crippen LogP contribution is -2.26. The standard InChI is InChI=1S/C6H10N4/c1-5-3-6(10(2)7)9-4-8-5/h3-4H,7H2,1-2H3. The number of hydrogen-bond acceptors (Lipinski definition) is 4. The minimum atomic E-state index is 0.729. The molecule has 1 aromatic rings. The van der Waals surface area contributed by atoms with Gasteiger partial charge in [0.1, 0.15) is 12.1 Å². The van der Waals surface area contributed by atoms with Crippen LogP contribution in [-0.2, 0) is 0 Å². The molecule has 1 aromatic heterocycles. The second-order valence-corrected chi connectivity index (χ2v) is 2.13. The molecule has 1 heterocycles. The summed E-state index contributed by atoms with van der Waals surface area (Å²) < 4.78 is 0.